The van der Waals surface area contributed by atoms with E-state index in [0.717, 1.165) is 4.90 Å². The number of hydrogen-bond donors (Lipinski definition) is 1. The molecule has 0 unspecified atom stereocenters. The summed E-state index contributed by atoms with van der Waals surface area (Å²) in [4.78, 5) is 23.7. The molecule has 0 aliphatic carbocycles. The zero-order chi connectivity index (χ0) is 15.3. The molecule has 0 atom stereocenters. The second-order valence-electron chi connectivity index (χ2n) is 4.35. The van der Waals surface area contributed by atoms with Crippen molar-refractivity contribution in [2.75, 3.05) is 18.9 Å². The number of nitrogens with one attached hydrogen (secondary N) is 1. The fourth-order valence-corrected chi connectivity index (χ4v) is 1.52. The third-order valence-electron chi connectivity index (χ3n) is 2.53. The van der Waals surface area contributed by atoms with E-state index in [0.29, 0.717) is 5.69 Å². The zero-order valence-corrected chi connectivity index (χ0v) is 11.1. The Bertz CT molecular complexity index is 483. The van der Waals surface area contributed by atoms with Gasteiger partial charge in [0.05, 0.1) is 6.42 Å². The molecule has 7 heteroatoms. The summed E-state index contributed by atoms with van der Waals surface area (Å²) in [7, 11) is 1.32. The Morgan fingerprint density at radius 1 is 1.20 bits per heavy atom. The fourth-order valence-electron chi connectivity index (χ4n) is 1.52. The van der Waals surface area contributed by atoms with Gasteiger partial charge in [-0.05, 0) is 24.3 Å². The normalized spacial score (nSPS) is 11.1. The highest BCUT2D eigenvalue weighted by Gasteiger charge is 2.28. The molecule has 0 saturated carbocycles. The van der Waals surface area contributed by atoms with Gasteiger partial charge in [0, 0.05) is 31.8 Å². The number of anilines is 1. The SMILES string of the molecule is CC(=O)Nc1ccc(C(=O)N(C)CCC(F)(F)F)cc1. The Balaban J connectivity index is 2.65. The van der Waals surface area contributed by atoms with Gasteiger partial charge in [-0.15, -0.1) is 0 Å². The van der Waals surface area contributed by atoms with Gasteiger partial charge < -0.3 is 10.2 Å². The van der Waals surface area contributed by atoms with Gasteiger partial charge in [-0.2, -0.15) is 13.2 Å². The van der Waals surface area contributed by atoms with Gasteiger partial charge in [0.25, 0.3) is 5.91 Å². The molecule has 0 bridgehead atoms. The lowest BCUT2D eigenvalue weighted by Gasteiger charge is -2.18. The first-order valence-corrected chi connectivity index (χ1v) is 5.89. The third kappa shape index (κ3) is 5.29. The molecule has 1 rings (SSSR count). The molecular formula is C13H15F3N2O2. The standard InChI is InChI=1S/C13H15F3N2O2/c1-9(19)17-11-5-3-10(4-6-11)12(20)18(2)8-7-13(14,15)16/h3-6H,7-8H2,1-2H3,(H,17,19). The molecule has 0 aliphatic rings. The van der Waals surface area contributed by atoms with Crippen molar-refractivity contribution >= 4 is 17.5 Å². The third-order valence-corrected chi connectivity index (χ3v) is 2.53. The van der Waals surface area contributed by atoms with Crippen LogP contribution in [0.2, 0.25) is 0 Å². The summed E-state index contributed by atoms with van der Waals surface area (Å²) in [5.41, 5.74) is 0.788. The van der Waals surface area contributed by atoms with Crippen molar-refractivity contribution in [1.82, 2.24) is 4.90 Å². The highest BCUT2D eigenvalue weighted by atomic mass is 19.4. The van der Waals surface area contributed by atoms with Gasteiger partial charge in [-0.25, -0.2) is 0 Å². The molecule has 0 fully saturated rings. The van der Waals surface area contributed by atoms with Crippen LogP contribution in [0.25, 0.3) is 0 Å². The van der Waals surface area contributed by atoms with E-state index < -0.39 is 25.0 Å². The smallest absolute Gasteiger partial charge is 0.341 e. The molecule has 0 heterocycles. The Morgan fingerprint density at radius 3 is 2.20 bits per heavy atom. The number of carbonyl (C=O) groups excluding carboxylic acids is 2. The van der Waals surface area contributed by atoms with Crippen LogP contribution < -0.4 is 5.32 Å². The van der Waals surface area contributed by atoms with E-state index in [4.69, 9.17) is 0 Å². The van der Waals surface area contributed by atoms with Crippen molar-refractivity contribution in [1.29, 1.82) is 0 Å². The van der Waals surface area contributed by atoms with E-state index in [2.05, 4.69) is 5.32 Å². The van der Waals surface area contributed by atoms with Crippen LogP contribution in [0, 0.1) is 0 Å². The van der Waals surface area contributed by atoms with Crippen LogP contribution >= 0.6 is 0 Å². The van der Waals surface area contributed by atoms with Crippen molar-refractivity contribution in [3.8, 4) is 0 Å². The molecule has 0 saturated heterocycles. The van der Waals surface area contributed by atoms with Crippen molar-refractivity contribution in [2.24, 2.45) is 0 Å². The minimum atomic E-state index is -4.29. The first kappa shape index (κ1) is 16.0. The molecule has 0 radical (unpaired) electrons. The van der Waals surface area contributed by atoms with Gasteiger partial charge in [0.2, 0.25) is 5.91 Å². The van der Waals surface area contributed by atoms with Crippen molar-refractivity contribution in [3.05, 3.63) is 29.8 Å². The first-order valence-electron chi connectivity index (χ1n) is 5.89. The summed E-state index contributed by atoms with van der Waals surface area (Å²) < 4.78 is 36.2. The number of rotatable bonds is 4. The molecule has 110 valence electrons. The number of hydrogen-bond acceptors (Lipinski definition) is 2. The fraction of sp³-hybridized carbons (Fsp3) is 0.385. The molecule has 4 nitrogen and oxygen atoms in total. The molecule has 1 N–H and O–H groups in total. The minimum absolute atomic E-state index is 0.244. The highest BCUT2D eigenvalue weighted by Crippen LogP contribution is 2.20. The average Bonchev–Trinajstić information content (AvgIpc) is 2.34. The molecule has 2 amide bonds. The van der Waals surface area contributed by atoms with Crippen molar-refractivity contribution in [2.45, 2.75) is 19.5 Å². The maximum absolute atomic E-state index is 12.1. The van der Waals surface area contributed by atoms with Crippen LogP contribution in [0.15, 0.2) is 24.3 Å². The predicted molar refractivity (Wildman–Crippen MR) is 68.4 cm³/mol. The summed E-state index contributed by atoms with van der Waals surface area (Å²) in [5.74, 6) is -0.741. The molecular weight excluding hydrogens is 273 g/mol. The zero-order valence-electron chi connectivity index (χ0n) is 11.1. The van der Waals surface area contributed by atoms with Gasteiger partial charge in [-0.3, -0.25) is 9.59 Å². The molecule has 20 heavy (non-hydrogen) atoms. The molecule has 0 spiro atoms. The summed E-state index contributed by atoms with van der Waals surface area (Å²) in [6.45, 7) is 0.958. The van der Waals surface area contributed by atoms with E-state index in [-0.39, 0.29) is 11.5 Å². The maximum atomic E-state index is 12.1. The number of amides is 2. The highest BCUT2D eigenvalue weighted by molar-refractivity contribution is 5.95. The number of carbonyl (C=O) groups is 2. The van der Waals surface area contributed by atoms with E-state index in [1.807, 2.05) is 0 Å². The summed E-state index contributed by atoms with van der Waals surface area (Å²) >= 11 is 0. The van der Waals surface area contributed by atoms with Crippen LogP contribution in [0.5, 0.6) is 0 Å². The second kappa shape index (κ2) is 6.40. The van der Waals surface area contributed by atoms with Crippen LogP contribution in [0.3, 0.4) is 0 Å². The van der Waals surface area contributed by atoms with Gasteiger partial charge in [0.15, 0.2) is 0 Å². The van der Waals surface area contributed by atoms with E-state index >= 15 is 0 Å². The second-order valence-corrected chi connectivity index (χ2v) is 4.35. The number of benzene rings is 1. The number of halogens is 3. The maximum Gasteiger partial charge on any atom is 0.390 e. The topological polar surface area (TPSA) is 49.4 Å². The average molecular weight is 288 g/mol. The summed E-state index contributed by atoms with van der Waals surface area (Å²) in [6, 6.07) is 5.95. The molecule has 0 aromatic heterocycles. The Kier molecular flexibility index (Phi) is 5.12. The molecule has 0 aliphatic heterocycles. The molecule has 1 aromatic carbocycles. The largest absolute Gasteiger partial charge is 0.390 e. The Morgan fingerprint density at radius 2 is 1.75 bits per heavy atom. The Labute approximate surface area is 114 Å². The van der Waals surface area contributed by atoms with Crippen LogP contribution in [0.1, 0.15) is 23.7 Å². The number of alkyl halides is 3. The lowest BCUT2D eigenvalue weighted by Crippen LogP contribution is -2.30. The van der Waals surface area contributed by atoms with E-state index in [9.17, 15) is 22.8 Å². The lowest BCUT2D eigenvalue weighted by atomic mass is 10.2. The lowest BCUT2D eigenvalue weighted by molar-refractivity contribution is -0.136. The summed E-state index contributed by atoms with van der Waals surface area (Å²) in [5, 5.41) is 2.53. The quantitative estimate of drug-likeness (QED) is 0.926. The van der Waals surface area contributed by atoms with Crippen molar-refractivity contribution in [3.63, 3.8) is 0 Å². The van der Waals surface area contributed by atoms with Crippen LogP contribution in [-0.4, -0.2) is 36.5 Å². The first-order chi connectivity index (χ1) is 9.19. The van der Waals surface area contributed by atoms with Gasteiger partial charge >= 0.3 is 6.18 Å². The van der Waals surface area contributed by atoms with Gasteiger partial charge in [0.1, 0.15) is 0 Å². The van der Waals surface area contributed by atoms with Gasteiger partial charge in [-0.1, -0.05) is 0 Å². The van der Waals surface area contributed by atoms with E-state index in [1.54, 1.807) is 0 Å². The van der Waals surface area contributed by atoms with E-state index in [1.165, 1.54) is 38.2 Å². The molecule has 1 aromatic rings. The van der Waals surface area contributed by atoms with Crippen LogP contribution in [0.4, 0.5) is 18.9 Å². The monoisotopic (exact) mass is 288 g/mol. The number of nitrogens with zero attached hydrogens (tertiary/aromatic N) is 1. The minimum Gasteiger partial charge on any atom is -0.341 e. The van der Waals surface area contributed by atoms with Crippen molar-refractivity contribution < 1.29 is 22.8 Å². The predicted octanol–water partition coefficient (Wildman–Crippen LogP) is 2.67. The Hall–Kier alpha value is -2.05. The summed E-state index contributed by atoms with van der Waals surface area (Å²) in [6.07, 6.45) is -5.33. The van der Waals surface area contributed by atoms with Crippen LogP contribution in [-0.2, 0) is 4.79 Å².